The molecule has 0 radical (unpaired) electrons. The Morgan fingerprint density at radius 1 is 1.06 bits per heavy atom. The van der Waals surface area contributed by atoms with Gasteiger partial charge in [-0.3, -0.25) is 9.78 Å². The lowest BCUT2D eigenvalue weighted by Gasteiger charge is -2.50. The highest BCUT2D eigenvalue weighted by molar-refractivity contribution is 5.75. The van der Waals surface area contributed by atoms with Crippen molar-refractivity contribution in [3.8, 4) is 17.1 Å². The van der Waals surface area contributed by atoms with E-state index in [-0.39, 0.29) is 22.6 Å². The lowest BCUT2D eigenvalue weighted by atomic mass is 9.92. The summed E-state index contributed by atoms with van der Waals surface area (Å²) in [5, 5.41) is 4.21. The topological polar surface area (TPSA) is 121 Å². The number of nitrogens with one attached hydrogen (secondary N) is 2. The van der Waals surface area contributed by atoms with E-state index in [0.29, 0.717) is 12.3 Å². The number of ether oxygens (including phenoxy) is 1. The summed E-state index contributed by atoms with van der Waals surface area (Å²) in [4.78, 5) is 36.6. The first-order valence-electron chi connectivity index (χ1n) is 10.1. The van der Waals surface area contributed by atoms with Crippen molar-refractivity contribution in [3.63, 3.8) is 0 Å². The van der Waals surface area contributed by atoms with E-state index < -0.39 is 53.7 Å². The van der Waals surface area contributed by atoms with Crippen LogP contribution in [0.3, 0.4) is 0 Å². The average molecular weight is 513 g/mol. The number of halogens is 6. The van der Waals surface area contributed by atoms with Crippen LogP contribution in [0.5, 0.6) is 5.88 Å². The van der Waals surface area contributed by atoms with Gasteiger partial charge in [-0.2, -0.15) is 31.4 Å². The van der Waals surface area contributed by atoms with Crippen molar-refractivity contribution in [1.29, 1.82) is 0 Å². The molecule has 36 heavy (non-hydrogen) atoms. The van der Waals surface area contributed by atoms with Crippen molar-refractivity contribution in [1.82, 2.24) is 29.5 Å². The van der Waals surface area contributed by atoms with E-state index in [1.54, 1.807) is 0 Å². The smallest absolute Gasteiger partial charge is 0.431 e. The molecule has 0 saturated carbocycles. The Kier molecular flexibility index (Phi) is 5.08. The Labute approximate surface area is 195 Å². The van der Waals surface area contributed by atoms with Crippen LogP contribution in [0.2, 0.25) is 0 Å². The van der Waals surface area contributed by atoms with Gasteiger partial charge in [-0.05, 0) is 12.1 Å². The molecule has 10 nitrogen and oxygen atoms in total. The minimum Gasteiger partial charge on any atom is -0.457 e. The molecule has 0 aliphatic carbocycles. The summed E-state index contributed by atoms with van der Waals surface area (Å²) >= 11 is 0. The first kappa shape index (κ1) is 23.4. The van der Waals surface area contributed by atoms with Crippen LogP contribution >= 0.6 is 0 Å². The number of fused-ring (bicyclic) bond motifs is 1. The van der Waals surface area contributed by atoms with Crippen LogP contribution in [-0.2, 0) is 6.18 Å². The zero-order valence-corrected chi connectivity index (χ0v) is 17.7. The predicted octanol–water partition coefficient (Wildman–Crippen LogP) is 2.39. The van der Waals surface area contributed by atoms with Gasteiger partial charge in [-0.25, -0.2) is 19.3 Å². The van der Waals surface area contributed by atoms with Gasteiger partial charge in [0.2, 0.25) is 11.5 Å². The van der Waals surface area contributed by atoms with Crippen LogP contribution in [0.1, 0.15) is 5.56 Å². The molecule has 4 aromatic rings. The van der Waals surface area contributed by atoms with Gasteiger partial charge >= 0.3 is 18.0 Å². The molecule has 0 bridgehead atoms. The number of nitrogens with zero attached hydrogens (tertiary/aromatic N) is 5. The highest BCUT2D eigenvalue weighted by Gasteiger charge is 2.65. The van der Waals surface area contributed by atoms with Gasteiger partial charge in [-0.15, -0.1) is 0 Å². The van der Waals surface area contributed by atoms with E-state index in [0.717, 1.165) is 12.3 Å². The van der Waals surface area contributed by atoms with Gasteiger partial charge in [0.05, 0.1) is 29.9 Å². The van der Waals surface area contributed by atoms with E-state index >= 15 is 0 Å². The average Bonchev–Trinajstić information content (AvgIpc) is 3.23. The zero-order valence-electron chi connectivity index (χ0n) is 17.7. The fourth-order valence-electron chi connectivity index (χ4n) is 3.72. The molecule has 4 aromatic heterocycles. The number of rotatable bonds is 4. The monoisotopic (exact) mass is 513 g/mol. The third-order valence-corrected chi connectivity index (χ3v) is 5.55. The maximum atomic E-state index is 14.0. The molecule has 2 N–H and O–H groups in total. The van der Waals surface area contributed by atoms with Gasteiger partial charge in [0.1, 0.15) is 5.69 Å². The molecule has 16 heteroatoms. The molecule has 5 heterocycles. The van der Waals surface area contributed by atoms with Crippen LogP contribution in [0, 0.1) is 0 Å². The van der Waals surface area contributed by atoms with Crippen molar-refractivity contribution >= 4 is 11.3 Å². The maximum Gasteiger partial charge on any atom is 0.431 e. The number of pyridine rings is 1. The minimum atomic E-state index is -4.90. The van der Waals surface area contributed by atoms with Crippen molar-refractivity contribution in [2.24, 2.45) is 0 Å². The van der Waals surface area contributed by atoms with Crippen molar-refractivity contribution < 1.29 is 31.1 Å². The normalized spacial score (nSPS) is 15.7. The van der Waals surface area contributed by atoms with Gasteiger partial charge < -0.3 is 14.6 Å². The summed E-state index contributed by atoms with van der Waals surface area (Å²) < 4.78 is 86.6. The summed E-state index contributed by atoms with van der Waals surface area (Å²) in [6.07, 6.45) is -5.33. The number of aromatic amines is 2. The third-order valence-electron chi connectivity index (χ3n) is 5.55. The Hall–Kier alpha value is -4.37. The van der Waals surface area contributed by atoms with Gasteiger partial charge in [0.15, 0.2) is 5.65 Å². The van der Waals surface area contributed by atoms with Crippen LogP contribution in [0.25, 0.3) is 16.9 Å². The van der Waals surface area contributed by atoms with Gasteiger partial charge in [0, 0.05) is 30.9 Å². The van der Waals surface area contributed by atoms with Gasteiger partial charge in [-0.1, -0.05) is 0 Å². The quantitative estimate of drug-likeness (QED) is 0.402. The Morgan fingerprint density at radius 3 is 2.42 bits per heavy atom. The molecule has 1 aliphatic heterocycles. The Bertz CT molecular complexity index is 1550. The van der Waals surface area contributed by atoms with Crippen molar-refractivity contribution in [2.45, 2.75) is 18.0 Å². The fraction of sp³-hybridized carbons (Fsp3) is 0.250. The van der Waals surface area contributed by atoms with Crippen LogP contribution in [-0.4, -0.2) is 54.4 Å². The molecule has 0 aromatic carbocycles. The number of anilines is 1. The second kappa shape index (κ2) is 7.82. The predicted molar refractivity (Wildman–Crippen MR) is 111 cm³/mol. The standard InChI is InChI=1S/C20H13F6N7O3/c21-19(22,23)10-1-2-14(28-6-10)36-18(20(24,25)26)8-32(9-18)13-5-12(31-33-4-3-27-15(13)33)11-7-29-17(35)30-16(11)34/h1-7H,8-9H2,(H2,29,30,34,35). The minimum absolute atomic E-state index is 0.0423. The summed E-state index contributed by atoms with van der Waals surface area (Å²) in [6, 6.07) is 2.63. The first-order chi connectivity index (χ1) is 16.9. The van der Waals surface area contributed by atoms with Crippen LogP contribution in [0.4, 0.5) is 32.0 Å². The molecule has 188 valence electrons. The molecule has 1 aliphatic rings. The molecule has 1 fully saturated rings. The van der Waals surface area contributed by atoms with E-state index in [1.165, 1.54) is 27.9 Å². The molecule has 0 unspecified atom stereocenters. The number of H-pyrrole nitrogens is 2. The number of alkyl halides is 6. The largest absolute Gasteiger partial charge is 0.457 e. The van der Waals surface area contributed by atoms with E-state index in [9.17, 15) is 35.9 Å². The first-order valence-corrected chi connectivity index (χ1v) is 10.1. The third kappa shape index (κ3) is 3.93. The lowest BCUT2D eigenvalue weighted by Crippen LogP contribution is -2.72. The number of aromatic nitrogens is 6. The highest BCUT2D eigenvalue weighted by atomic mass is 19.4. The van der Waals surface area contributed by atoms with Crippen LogP contribution in [0.15, 0.2) is 52.6 Å². The molecule has 0 atom stereocenters. The summed E-state index contributed by atoms with van der Waals surface area (Å²) in [5.41, 5.74) is -5.04. The summed E-state index contributed by atoms with van der Waals surface area (Å²) in [7, 11) is 0. The second-order valence-electron chi connectivity index (χ2n) is 7.93. The molecule has 0 amide bonds. The van der Waals surface area contributed by atoms with Gasteiger partial charge in [0.25, 0.3) is 5.56 Å². The van der Waals surface area contributed by atoms with Crippen molar-refractivity contribution in [2.75, 3.05) is 18.0 Å². The Morgan fingerprint density at radius 2 is 1.81 bits per heavy atom. The van der Waals surface area contributed by atoms with Crippen molar-refractivity contribution in [3.05, 3.63) is 69.4 Å². The lowest BCUT2D eigenvalue weighted by molar-refractivity contribution is -0.257. The SMILES string of the molecule is O=c1[nH]cc(-c2cc(N3CC(Oc4ccc(C(F)(F)F)cn4)(C(F)(F)F)C3)c3nccn3n2)c(=O)[nH]1. The van der Waals surface area contributed by atoms with E-state index in [1.807, 2.05) is 4.98 Å². The second-order valence-corrected chi connectivity index (χ2v) is 7.93. The number of hydrogen-bond acceptors (Lipinski definition) is 7. The summed E-state index contributed by atoms with van der Waals surface area (Å²) in [5.74, 6) is -0.624. The Balaban J connectivity index is 1.48. The highest BCUT2D eigenvalue weighted by Crippen LogP contribution is 2.44. The maximum absolute atomic E-state index is 14.0. The van der Waals surface area contributed by atoms with E-state index in [2.05, 4.69) is 20.1 Å². The molecule has 1 saturated heterocycles. The fourth-order valence-corrected chi connectivity index (χ4v) is 3.72. The number of hydrogen-bond donors (Lipinski definition) is 2. The zero-order chi connectivity index (χ0) is 25.9. The molecule has 0 spiro atoms. The van der Waals surface area contributed by atoms with Crippen LogP contribution < -0.4 is 20.9 Å². The molecule has 5 rings (SSSR count). The number of imidazole rings is 1. The van der Waals surface area contributed by atoms with E-state index in [4.69, 9.17) is 4.74 Å². The molecular formula is C20H13F6N7O3. The molecular weight excluding hydrogens is 500 g/mol. The summed E-state index contributed by atoms with van der Waals surface area (Å²) in [6.45, 7) is -1.49.